The molecule has 0 radical (unpaired) electrons. The lowest BCUT2D eigenvalue weighted by molar-refractivity contribution is -0.706. The maximum Gasteiger partial charge on any atom is 0.318 e. The minimum Gasteiger partial charge on any atom is -1.00 e. The van der Waals surface area contributed by atoms with Crippen LogP contribution in [0, 0.1) is 5.41 Å². The van der Waals surface area contributed by atoms with Gasteiger partial charge in [-0.2, -0.15) is 0 Å². The Hall–Kier alpha value is -1.35. The SMILES string of the molecule is N[C@@H]1C(=O)N2CC(C[n+]3ccccc3)(C(=O)O)CS[C@H]12.O.[Cl-]. The number of fused-ring (bicyclic) bond motifs is 1. The van der Waals surface area contributed by atoms with Gasteiger partial charge in [0.25, 0.3) is 0 Å². The fourth-order valence-electron chi connectivity index (χ4n) is 2.71. The topological polar surface area (TPSA) is 119 Å². The van der Waals surface area contributed by atoms with E-state index >= 15 is 0 Å². The van der Waals surface area contributed by atoms with E-state index in [4.69, 9.17) is 5.73 Å². The van der Waals surface area contributed by atoms with Gasteiger partial charge in [0.2, 0.25) is 5.91 Å². The van der Waals surface area contributed by atoms with Gasteiger partial charge < -0.3 is 33.6 Å². The molecule has 0 saturated carbocycles. The van der Waals surface area contributed by atoms with Gasteiger partial charge in [0.05, 0.1) is 0 Å². The number of pyridine rings is 1. The van der Waals surface area contributed by atoms with Crippen molar-refractivity contribution in [3.8, 4) is 0 Å². The molecule has 3 rings (SSSR count). The maximum atomic E-state index is 11.7. The molecule has 1 amide bonds. The second-order valence-electron chi connectivity index (χ2n) is 5.33. The first-order valence-electron chi connectivity index (χ1n) is 6.39. The summed E-state index contributed by atoms with van der Waals surface area (Å²) in [5, 5.41) is 9.57. The van der Waals surface area contributed by atoms with Crippen LogP contribution in [0.2, 0.25) is 0 Å². The number of halogens is 1. The first kappa shape index (κ1) is 18.7. The summed E-state index contributed by atoms with van der Waals surface area (Å²) in [5.74, 6) is -0.550. The smallest absolute Gasteiger partial charge is 0.318 e. The normalized spacial score (nSPS) is 29.5. The molecule has 5 N–H and O–H groups in total. The lowest BCUT2D eigenvalue weighted by atomic mass is 9.87. The Labute approximate surface area is 138 Å². The van der Waals surface area contributed by atoms with Crippen molar-refractivity contribution < 1.29 is 37.1 Å². The third-order valence-corrected chi connectivity index (χ3v) is 5.51. The minimum atomic E-state index is -0.955. The van der Waals surface area contributed by atoms with Crippen LogP contribution in [0.25, 0.3) is 0 Å². The lowest BCUT2D eigenvalue weighted by Crippen LogP contribution is -3.00. The van der Waals surface area contributed by atoms with E-state index in [-0.39, 0.29) is 35.7 Å². The molecule has 2 aliphatic heterocycles. The Bertz CT molecular complexity index is 561. The predicted octanol–water partition coefficient (Wildman–Crippen LogP) is -4.53. The quantitative estimate of drug-likeness (QED) is 0.422. The number of aromatic nitrogens is 1. The van der Waals surface area contributed by atoms with Crippen molar-refractivity contribution in [3.05, 3.63) is 30.6 Å². The summed E-state index contributed by atoms with van der Waals surface area (Å²) in [7, 11) is 0. The number of hydrogen-bond donors (Lipinski definition) is 2. The number of carbonyl (C=O) groups excluding carboxylic acids is 1. The number of carbonyl (C=O) groups is 2. The molecular formula is C13H18ClN3O4S. The van der Waals surface area contributed by atoms with Crippen molar-refractivity contribution in [3.63, 3.8) is 0 Å². The second-order valence-corrected chi connectivity index (χ2v) is 6.43. The van der Waals surface area contributed by atoms with Crippen LogP contribution < -0.4 is 22.7 Å². The number of aliphatic carboxylic acids is 1. The van der Waals surface area contributed by atoms with E-state index in [2.05, 4.69) is 0 Å². The Balaban J connectivity index is 0.00000121. The highest BCUT2D eigenvalue weighted by molar-refractivity contribution is 8.00. The summed E-state index contributed by atoms with van der Waals surface area (Å²) in [6.45, 7) is 0.580. The highest BCUT2D eigenvalue weighted by Gasteiger charge is 2.57. The number of β-lactam (4-membered cyclic amide) rings is 1. The van der Waals surface area contributed by atoms with E-state index in [0.29, 0.717) is 12.3 Å². The number of rotatable bonds is 3. The van der Waals surface area contributed by atoms with Gasteiger partial charge >= 0.3 is 5.97 Å². The van der Waals surface area contributed by atoms with E-state index in [1.807, 2.05) is 35.2 Å². The molecule has 1 aromatic rings. The van der Waals surface area contributed by atoms with Crippen LogP contribution >= 0.6 is 11.8 Å². The average Bonchev–Trinajstić information content (AvgIpc) is 2.47. The zero-order valence-electron chi connectivity index (χ0n) is 11.7. The van der Waals surface area contributed by atoms with Gasteiger partial charge in [-0.1, -0.05) is 6.07 Å². The van der Waals surface area contributed by atoms with E-state index in [0.717, 1.165) is 0 Å². The van der Waals surface area contributed by atoms with Crippen LogP contribution in [0.5, 0.6) is 0 Å². The molecule has 2 saturated heterocycles. The summed E-state index contributed by atoms with van der Waals surface area (Å²) in [6, 6.07) is 5.13. The minimum absolute atomic E-state index is 0. The van der Waals surface area contributed by atoms with Gasteiger partial charge in [-0.15, -0.1) is 11.8 Å². The van der Waals surface area contributed by atoms with E-state index < -0.39 is 17.4 Å². The molecule has 0 aliphatic carbocycles. The first-order chi connectivity index (χ1) is 9.53. The fourth-order valence-corrected chi connectivity index (χ4v) is 4.19. The molecule has 2 fully saturated rings. The largest absolute Gasteiger partial charge is 1.00 e. The van der Waals surface area contributed by atoms with Crippen molar-refractivity contribution in [2.45, 2.75) is 18.0 Å². The lowest BCUT2D eigenvalue weighted by Gasteiger charge is -2.51. The number of hydrogen-bond acceptors (Lipinski definition) is 4. The second kappa shape index (κ2) is 6.82. The van der Waals surface area contributed by atoms with Crippen LogP contribution in [0.15, 0.2) is 30.6 Å². The average molecular weight is 348 g/mol. The molecular weight excluding hydrogens is 330 g/mol. The number of nitrogens with two attached hydrogens (primary N) is 1. The monoisotopic (exact) mass is 347 g/mol. The van der Waals surface area contributed by atoms with Gasteiger partial charge in [-0.3, -0.25) is 9.59 Å². The van der Waals surface area contributed by atoms with Crippen molar-refractivity contribution >= 4 is 23.6 Å². The molecule has 0 aromatic carbocycles. The Kier molecular flexibility index (Phi) is 5.80. The van der Waals surface area contributed by atoms with Gasteiger partial charge in [-0.05, 0) is 0 Å². The zero-order chi connectivity index (χ0) is 14.3. The van der Waals surface area contributed by atoms with Gasteiger partial charge in [0.15, 0.2) is 24.4 Å². The third-order valence-electron chi connectivity index (χ3n) is 3.90. The molecule has 0 spiro atoms. The molecule has 9 heteroatoms. The van der Waals surface area contributed by atoms with Crippen LogP contribution in [-0.2, 0) is 16.1 Å². The number of nitrogens with zero attached hydrogens (tertiary/aromatic N) is 2. The van der Waals surface area contributed by atoms with E-state index in [1.165, 1.54) is 11.8 Å². The Morgan fingerprint density at radius 3 is 2.68 bits per heavy atom. The maximum absolute atomic E-state index is 11.7. The van der Waals surface area contributed by atoms with Gasteiger partial charge in [-0.25, -0.2) is 4.57 Å². The Morgan fingerprint density at radius 1 is 1.45 bits per heavy atom. The number of amides is 1. The first-order valence-corrected chi connectivity index (χ1v) is 7.43. The van der Waals surface area contributed by atoms with Gasteiger partial charge in [0.1, 0.15) is 11.4 Å². The summed E-state index contributed by atoms with van der Waals surface area (Å²) < 4.78 is 1.85. The molecule has 2 aliphatic rings. The van der Waals surface area contributed by atoms with E-state index in [9.17, 15) is 14.7 Å². The van der Waals surface area contributed by atoms with Crippen molar-refractivity contribution in [1.29, 1.82) is 0 Å². The molecule has 3 heterocycles. The third kappa shape index (κ3) is 2.91. The van der Waals surface area contributed by atoms with Crippen LogP contribution in [0.1, 0.15) is 0 Å². The fraction of sp³-hybridized carbons (Fsp3) is 0.462. The number of thioether (sulfide) groups is 1. The van der Waals surface area contributed by atoms with E-state index in [1.54, 1.807) is 4.90 Å². The van der Waals surface area contributed by atoms with Crippen molar-refractivity contribution in [2.75, 3.05) is 12.3 Å². The number of carboxylic acid groups (broad SMARTS) is 1. The summed E-state index contributed by atoms with van der Waals surface area (Å²) in [5.41, 5.74) is 4.77. The molecule has 1 unspecified atom stereocenters. The van der Waals surface area contributed by atoms with Gasteiger partial charge in [0, 0.05) is 24.4 Å². The standard InChI is InChI=1S/C13H15N3O3S.ClH.H2O/c14-9-10(17)16-7-13(12(18)19,8-20-11(9)16)6-15-4-2-1-3-5-15;;/h1-5,9,11H,6-8,14H2;1H;1H2/t9-,11-,13?;;/m1../s1. The summed E-state index contributed by atoms with van der Waals surface area (Å²) in [6.07, 6.45) is 3.68. The highest BCUT2D eigenvalue weighted by atomic mass is 35.5. The predicted molar refractivity (Wildman–Crippen MR) is 76.3 cm³/mol. The Morgan fingerprint density at radius 2 is 2.09 bits per heavy atom. The molecule has 22 heavy (non-hydrogen) atoms. The summed E-state index contributed by atoms with van der Waals surface area (Å²) >= 11 is 1.47. The molecule has 0 bridgehead atoms. The molecule has 122 valence electrons. The van der Waals surface area contributed by atoms with Crippen molar-refractivity contribution in [1.82, 2.24) is 4.90 Å². The molecule has 1 aromatic heterocycles. The van der Waals surface area contributed by atoms with Crippen LogP contribution in [-0.4, -0.2) is 51.1 Å². The van der Waals surface area contributed by atoms with Crippen LogP contribution in [0.3, 0.4) is 0 Å². The highest BCUT2D eigenvalue weighted by Crippen LogP contribution is 2.41. The number of carboxylic acids is 1. The summed E-state index contributed by atoms with van der Waals surface area (Å²) in [4.78, 5) is 25.1. The van der Waals surface area contributed by atoms with Crippen molar-refractivity contribution in [2.24, 2.45) is 11.1 Å². The zero-order valence-corrected chi connectivity index (χ0v) is 13.3. The molecule has 3 atom stereocenters. The molecule has 7 nitrogen and oxygen atoms in total. The van der Waals surface area contributed by atoms with Crippen LogP contribution in [0.4, 0.5) is 0 Å².